The number of hydrogen-bond donors (Lipinski definition) is 1. The second kappa shape index (κ2) is 6.89. The molecule has 0 atom stereocenters. The quantitative estimate of drug-likeness (QED) is 0.536. The van der Waals surface area contributed by atoms with Gasteiger partial charge in [0.1, 0.15) is 5.75 Å². The minimum atomic E-state index is 0.438. The lowest BCUT2D eigenvalue weighted by Gasteiger charge is -2.03. The first kappa shape index (κ1) is 15.6. The zero-order valence-corrected chi connectivity index (χ0v) is 14.6. The van der Waals surface area contributed by atoms with Crippen LogP contribution in [0.2, 0.25) is 0 Å². The van der Waals surface area contributed by atoms with E-state index in [1.165, 1.54) is 0 Å². The first-order valence-electron chi connectivity index (χ1n) is 6.80. The van der Waals surface area contributed by atoms with Crippen molar-refractivity contribution in [2.45, 2.75) is 0 Å². The first-order chi connectivity index (χ1) is 11.2. The van der Waals surface area contributed by atoms with Gasteiger partial charge in [0.25, 0.3) is 0 Å². The van der Waals surface area contributed by atoms with Gasteiger partial charge in [0, 0.05) is 5.56 Å². The lowest BCUT2D eigenvalue weighted by molar-refractivity contribution is 0.412. The van der Waals surface area contributed by atoms with Gasteiger partial charge < -0.3 is 4.74 Å². The molecule has 0 aliphatic rings. The van der Waals surface area contributed by atoms with Crippen molar-refractivity contribution in [2.75, 3.05) is 7.11 Å². The molecular formula is C16H13BrN4OS. The number of halogens is 1. The predicted molar refractivity (Wildman–Crippen MR) is 96.5 cm³/mol. The van der Waals surface area contributed by atoms with Crippen molar-refractivity contribution in [1.29, 1.82) is 0 Å². The second-order valence-electron chi connectivity index (χ2n) is 4.67. The van der Waals surface area contributed by atoms with E-state index in [0.29, 0.717) is 10.6 Å². The number of methoxy groups -OCH3 is 1. The Hall–Kier alpha value is -2.25. The number of benzene rings is 2. The maximum atomic E-state index is 5.26. The summed E-state index contributed by atoms with van der Waals surface area (Å²) in [6.07, 6.45) is 1.72. The monoisotopic (exact) mass is 388 g/mol. The van der Waals surface area contributed by atoms with Gasteiger partial charge in [-0.15, -0.1) is 0 Å². The highest BCUT2D eigenvalue weighted by molar-refractivity contribution is 9.10. The summed E-state index contributed by atoms with van der Waals surface area (Å²) in [7, 11) is 1.63. The van der Waals surface area contributed by atoms with Crippen LogP contribution >= 0.6 is 28.1 Å². The van der Waals surface area contributed by atoms with Crippen molar-refractivity contribution in [3.63, 3.8) is 0 Å². The average Bonchev–Trinajstić information content (AvgIpc) is 2.94. The van der Waals surface area contributed by atoms with E-state index in [1.54, 1.807) is 18.0 Å². The average molecular weight is 389 g/mol. The summed E-state index contributed by atoms with van der Waals surface area (Å²) in [6.45, 7) is 0. The van der Waals surface area contributed by atoms with Gasteiger partial charge in [-0.1, -0.05) is 30.3 Å². The number of ether oxygens (including phenoxy) is 1. The first-order valence-corrected chi connectivity index (χ1v) is 8.00. The SMILES string of the molecule is COc1ccc(C=Nn2c(-c3ccccc3)n[nH]c2=S)cc1Br. The molecule has 0 fully saturated rings. The molecule has 0 aliphatic carbocycles. The Kier molecular flexibility index (Phi) is 4.68. The Morgan fingerprint density at radius 2 is 2.04 bits per heavy atom. The molecule has 0 radical (unpaired) electrons. The molecule has 5 nitrogen and oxygen atoms in total. The van der Waals surface area contributed by atoms with Gasteiger partial charge in [-0.25, -0.2) is 5.10 Å². The van der Waals surface area contributed by atoms with E-state index in [1.807, 2.05) is 48.5 Å². The molecule has 0 amide bonds. The third-order valence-electron chi connectivity index (χ3n) is 3.18. The molecule has 116 valence electrons. The molecule has 0 unspecified atom stereocenters. The smallest absolute Gasteiger partial charge is 0.216 e. The van der Waals surface area contributed by atoms with Gasteiger partial charge in [0.05, 0.1) is 17.8 Å². The Morgan fingerprint density at radius 3 is 2.74 bits per heavy atom. The molecule has 0 bridgehead atoms. The molecule has 0 saturated heterocycles. The minimum absolute atomic E-state index is 0.438. The van der Waals surface area contributed by atoms with Crippen molar-refractivity contribution in [3.8, 4) is 17.1 Å². The van der Waals surface area contributed by atoms with Crippen molar-refractivity contribution >= 4 is 34.4 Å². The van der Waals surface area contributed by atoms with Crippen LogP contribution in [0.4, 0.5) is 0 Å². The van der Waals surface area contributed by atoms with E-state index in [2.05, 4.69) is 31.2 Å². The van der Waals surface area contributed by atoms with E-state index >= 15 is 0 Å². The van der Waals surface area contributed by atoms with Gasteiger partial charge in [-0.3, -0.25) is 0 Å². The highest BCUT2D eigenvalue weighted by atomic mass is 79.9. The molecule has 3 aromatic rings. The largest absolute Gasteiger partial charge is 0.496 e. The second-order valence-corrected chi connectivity index (χ2v) is 5.91. The Balaban J connectivity index is 1.96. The summed E-state index contributed by atoms with van der Waals surface area (Å²) in [5.74, 6) is 1.44. The zero-order valence-electron chi connectivity index (χ0n) is 12.2. The number of H-pyrrole nitrogens is 1. The highest BCUT2D eigenvalue weighted by Gasteiger charge is 2.07. The summed E-state index contributed by atoms with van der Waals surface area (Å²) in [5, 5.41) is 11.5. The fraction of sp³-hybridized carbons (Fsp3) is 0.0625. The van der Waals surface area contributed by atoms with Crippen LogP contribution in [-0.4, -0.2) is 28.2 Å². The predicted octanol–water partition coefficient (Wildman–Crippen LogP) is 4.26. The molecule has 0 aliphatic heterocycles. The molecule has 2 aromatic carbocycles. The fourth-order valence-corrected chi connectivity index (χ4v) is 2.80. The number of hydrogen-bond acceptors (Lipinski definition) is 4. The molecule has 1 N–H and O–H groups in total. The molecule has 0 spiro atoms. The highest BCUT2D eigenvalue weighted by Crippen LogP contribution is 2.25. The summed E-state index contributed by atoms with van der Waals surface area (Å²) in [4.78, 5) is 0. The Morgan fingerprint density at radius 1 is 1.26 bits per heavy atom. The molecule has 1 heterocycles. The topological polar surface area (TPSA) is 55.2 Å². The number of nitrogens with zero attached hydrogens (tertiary/aromatic N) is 3. The van der Waals surface area contributed by atoms with Crippen LogP contribution in [0.15, 0.2) is 58.1 Å². The molecule has 7 heteroatoms. The van der Waals surface area contributed by atoms with Crippen LogP contribution < -0.4 is 4.74 Å². The summed E-state index contributed by atoms with van der Waals surface area (Å²) in [6, 6.07) is 15.5. The summed E-state index contributed by atoms with van der Waals surface area (Å²) < 4.78 is 8.12. The van der Waals surface area contributed by atoms with Gasteiger partial charge in [0.15, 0.2) is 5.82 Å². The van der Waals surface area contributed by atoms with Crippen LogP contribution in [0.3, 0.4) is 0 Å². The van der Waals surface area contributed by atoms with Gasteiger partial charge >= 0.3 is 0 Å². The number of rotatable bonds is 4. The van der Waals surface area contributed by atoms with Crippen LogP contribution in [-0.2, 0) is 0 Å². The standard InChI is InChI=1S/C16H13BrN4OS/c1-22-14-8-7-11(9-13(14)17)10-18-21-15(19-20-16(21)23)12-5-3-2-4-6-12/h2-10H,1H3,(H,20,23). The zero-order chi connectivity index (χ0) is 16.2. The maximum absolute atomic E-state index is 5.26. The Labute approximate surface area is 146 Å². The van der Waals surface area contributed by atoms with Crippen molar-refractivity contribution in [2.24, 2.45) is 5.10 Å². The van der Waals surface area contributed by atoms with Gasteiger partial charge in [-0.05, 0) is 51.9 Å². The van der Waals surface area contributed by atoms with E-state index < -0.39 is 0 Å². The van der Waals surface area contributed by atoms with Crippen LogP contribution in [0.5, 0.6) is 5.75 Å². The van der Waals surface area contributed by atoms with Crippen LogP contribution in [0, 0.1) is 4.77 Å². The molecule has 23 heavy (non-hydrogen) atoms. The van der Waals surface area contributed by atoms with Crippen molar-refractivity contribution in [3.05, 3.63) is 63.3 Å². The maximum Gasteiger partial charge on any atom is 0.216 e. The van der Waals surface area contributed by atoms with Gasteiger partial charge in [0.2, 0.25) is 4.77 Å². The fourth-order valence-electron chi connectivity index (χ4n) is 2.06. The van der Waals surface area contributed by atoms with Crippen LogP contribution in [0.25, 0.3) is 11.4 Å². The lowest BCUT2D eigenvalue weighted by Crippen LogP contribution is -1.95. The third-order valence-corrected chi connectivity index (χ3v) is 4.06. The summed E-state index contributed by atoms with van der Waals surface area (Å²) >= 11 is 8.71. The molecule has 3 rings (SSSR count). The van der Waals surface area contributed by atoms with E-state index in [9.17, 15) is 0 Å². The minimum Gasteiger partial charge on any atom is -0.496 e. The van der Waals surface area contributed by atoms with E-state index in [-0.39, 0.29) is 0 Å². The third kappa shape index (κ3) is 3.40. The van der Waals surface area contributed by atoms with Crippen molar-refractivity contribution in [1.82, 2.24) is 14.9 Å². The Bertz CT molecular complexity index is 902. The van der Waals surface area contributed by atoms with Gasteiger partial charge in [-0.2, -0.15) is 14.9 Å². The summed E-state index contributed by atoms with van der Waals surface area (Å²) in [5.41, 5.74) is 1.85. The normalized spacial score (nSPS) is 11.0. The lowest BCUT2D eigenvalue weighted by atomic mass is 10.2. The molecular weight excluding hydrogens is 376 g/mol. The number of nitrogens with one attached hydrogen (secondary N) is 1. The van der Waals surface area contributed by atoms with E-state index in [4.69, 9.17) is 17.0 Å². The molecule has 1 aromatic heterocycles. The number of aromatic amines is 1. The van der Waals surface area contributed by atoms with E-state index in [0.717, 1.165) is 21.3 Å². The van der Waals surface area contributed by atoms with Crippen molar-refractivity contribution < 1.29 is 4.74 Å². The molecule has 0 saturated carbocycles. The van der Waals surface area contributed by atoms with Crippen LogP contribution in [0.1, 0.15) is 5.56 Å². The number of aromatic nitrogens is 3.